The predicted octanol–water partition coefficient (Wildman–Crippen LogP) is 3.17. The van der Waals surface area contributed by atoms with Crippen molar-refractivity contribution < 1.29 is 4.79 Å². The zero-order chi connectivity index (χ0) is 13.4. The molecule has 0 unspecified atom stereocenters. The van der Waals surface area contributed by atoms with Crippen LogP contribution in [0.1, 0.15) is 34.6 Å². The van der Waals surface area contributed by atoms with Crippen LogP contribution in [0.4, 0.5) is 5.69 Å². The molecule has 0 saturated carbocycles. The second kappa shape index (κ2) is 4.50. The Hall–Kier alpha value is -2.16. The summed E-state index contributed by atoms with van der Waals surface area (Å²) in [5, 5.41) is 2.97. The van der Waals surface area contributed by atoms with E-state index in [1.807, 2.05) is 12.1 Å². The number of rotatable bonds is 1. The lowest BCUT2D eigenvalue weighted by Gasteiger charge is -2.27. The lowest BCUT2D eigenvalue weighted by Crippen LogP contribution is -2.23. The van der Waals surface area contributed by atoms with Gasteiger partial charge in [-0.3, -0.25) is 9.78 Å². The first-order valence-electron chi connectivity index (χ1n) is 6.46. The predicted molar refractivity (Wildman–Crippen MR) is 75.2 cm³/mol. The van der Waals surface area contributed by atoms with Crippen LogP contribution >= 0.6 is 0 Å². The van der Waals surface area contributed by atoms with E-state index < -0.39 is 0 Å². The van der Waals surface area contributed by atoms with Gasteiger partial charge in [-0.05, 0) is 54.3 Å². The summed E-state index contributed by atoms with van der Waals surface area (Å²) >= 11 is 0. The summed E-state index contributed by atoms with van der Waals surface area (Å²) in [6, 6.07) is 8.23. The largest absolute Gasteiger partial charge is 0.326 e. The van der Waals surface area contributed by atoms with E-state index in [0.717, 1.165) is 11.3 Å². The molecule has 0 radical (unpaired) electrons. The van der Waals surface area contributed by atoms with E-state index >= 15 is 0 Å². The Balaban J connectivity index is 2.14. The van der Waals surface area contributed by atoms with Crippen molar-refractivity contribution in [2.75, 3.05) is 5.32 Å². The van der Waals surface area contributed by atoms with Gasteiger partial charge in [0.1, 0.15) is 0 Å². The van der Waals surface area contributed by atoms with Gasteiger partial charge < -0.3 is 5.32 Å². The molecule has 1 N–H and O–H groups in total. The first kappa shape index (κ1) is 11.9. The summed E-state index contributed by atoms with van der Waals surface area (Å²) < 4.78 is 0. The number of fused-ring (bicyclic) bond motifs is 1. The smallest absolute Gasteiger partial charge is 0.225 e. The molecule has 1 aliphatic rings. The molecule has 19 heavy (non-hydrogen) atoms. The average molecular weight is 252 g/mol. The molecule has 1 atom stereocenters. The Bertz CT molecular complexity index is 635. The highest BCUT2D eigenvalue weighted by Crippen LogP contribution is 2.38. The number of carbonyl (C=O) groups is 1. The summed E-state index contributed by atoms with van der Waals surface area (Å²) in [6.45, 7) is 4.17. The van der Waals surface area contributed by atoms with E-state index in [4.69, 9.17) is 0 Å². The van der Waals surface area contributed by atoms with Gasteiger partial charge in [-0.1, -0.05) is 6.07 Å². The first-order valence-corrected chi connectivity index (χ1v) is 6.46. The highest BCUT2D eigenvalue weighted by atomic mass is 16.1. The molecule has 2 aromatic rings. The van der Waals surface area contributed by atoms with Crippen LogP contribution < -0.4 is 5.32 Å². The second-order valence-corrected chi connectivity index (χ2v) is 5.11. The summed E-state index contributed by atoms with van der Waals surface area (Å²) in [6.07, 6.45) is 4.06. The molecule has 1 aliphatic heterocycles. The fraction of sp³-hybridized carbons (Fsp3) is 0.250. The number of pyridine rings is 1. The van der Waals surface area contributed by atoms with Gasteiger partial charge in [-0.15, -0.1) is 0 Å². The maximum atomic E-state index is 11.9. The van der Waals surface area contributed by atoms with Crippen LogP contribution in [0, 0.1) is 13.8 Å². The number of nitrogens with one attached hydrogen (secondary N) is 1. The van der Waals surface area contributed by atoms with Crippen LogP contribution in [-0.2, 0) is 4.79 Å². The van der Waals surface area contributed by atoms with Gasteiger partial charge in [-0.25, -0.2) is 0 Å². The first-order chi connectivity index (χ1) is 9.15. The summed E-state index contributed by atoms with van der Waals surface area (Å²) in [5.74, 6) is 0.212. The van der Waals surface area contributed by atoms with Crippen LogP contribution in [0.5, 0.6) is 0 Å². The minimum atomic E-state index is 0.0811. The SMILES string of the molecule is Cc1cc2c(cc1C)[C@H](c1ccncc1)CC(=O)N2. The number of anilines is 1. The van der Waals surface area contributed by atoms with Crippen molar-refractivity contribution in [1.82, 2.24) is 4.98 Å². The molecule has 3 nitrogen and oxygen atoms in total. The Morgan fingerprint density at radius 1 is 1.16 bits per heavy atom. The number of hydrogen-bond acceptors (Lipinski definition) is 2. The molecule has 1 aromatic heterocycles. The van der Waals surface area contributed by atoms with E-state index in [-0.39, 0.29) is 11.8 Å². The fourth-order valence-electron chi connectivity index (χ4n) is 2.62. The van der Waals surface area contributed by atoms with Gasteiger partial charge in [0.15, 0.2) is 0 Å². The summed E-state index contributed by atoms with van der Waals surface area (Å²) in [5.41, 5.74) is 5.76. The number of aryl methyl sites for hydroxylation is 2. The zero-order valence-corrected chi connectivity index (χ0v) is 11.1. The highest BCUT2D eigenvalue weighted by Gasteiger charge is 2.26. The number of aromatic nitrogens is 1. The number of hydrogen-bond donors (Lipinski definition) is 1. The van der Waals surface area contributed by atoms with E-state index in [9.17, 15) is 4.79 Å². The van der Waals surface area contributed by atoms with Gasteiger partial charge in [0.2, 0.25) is 5.91 Å². The van der Waals surface area contributed by atoms with E-state index in [2.05, 4.69) is 36.3 Å². The molecule has 0 aliphatic carbocycles. The van der Waals surface area contributed by atoms with E-state index in [1.165, 1.54) is 16.7 Å². The second-order valence-electron chi connectivity index (χ2n) is 5.11. The standard InChI is InChI=1S/C16H16N2O/c1-10-7-14-13(12-3-5-17-6-4-12)9-16(19)18-15(14)8-11(10)2/h3-8,13H,9H2,1-2H3,(H,18,19)/t13-/m0/s1. The third-order valence-electron chi connectivity index (χ3n) is 3.81. The monoisotopic (exact) mass is 252 g/mol. The third kappa shape index (κ3) is 2.12. The molecule has 3 heteroatoms. The Labute approximate surface area is 112 Å². The number of nitrogens with zero attached hydrogens (tertiary/aromatic N) is 1. The number of benzene rings is 1. The Kier molecular flexibility index (Phi) is 2.82. The van der Waals surface area contributed by atoms with E-state index in [0.29, 0.717) is 6.42 Å². The Morgan fingerprint density at radius 2 is 1.84 bits per heavy atom. The molecule has 0 spiro atoms. The van der Waals surface area contributed by atoms with Gasteiger partial charge in [0.25, 0.3) is 0 Å². The average Bonchev–Trinajstić information content (AvgIpc) is 2.41. The molecular weight excluding hydrogens is 236 g/mol. The van der Waals surface area contributed by atoms with Crippen molar-refractivity contribution >= 4 is 11.6 Å². The normalized spacial score (nSPS) is 17.8. The zero-order valence-electron chi connectivity index (χ0n) is 11.1. The van der Waals surface area contributed by atoms with Crippen LogP contribution in [0.15, 0.2) is 36.7 Å². The Morgan fingerprint density at radius 3 is 2.58 bits per heavy atom. The van der Waals surface area contributed by atoms with Crippen molar-refractivity contribution in [3.05, 3.63) is 58.9 Å². The molecule has 0 fully saturated rings. The molecule has 3 rings (SSSR count). The van der Waals surface area contributed by atoms with Gasteiger partial charge >= 0.3 is 0 Å². The topological polar surface area (TPSA) is 42.0 Å². The van der Waals surface area contributed by atoms with Crippen molar-refractivity contribution in [2.45, 2.75) is 26.2 Å². The van der Waals surface area contributed by atoms with Crippen LogP contribution in [0.3, 0.4) is 0 Å². The minimum Gasteiger partial charge on any atom is -0.326 e. The van der Waals surface area contributed by atoms with Crippen LogP contribution in [0.25, 0.3) is 0 Å². The maximum Gasteiger partial charge on any atom is 0.225 e. The molecule has 1 aromatic carbocycles. The van der Waals surface area contributed by atoms with Crippen molar-refractivity contribution in [2.24, 2.45) is 0 Å². The lowest BCUT2D eigenvalue weighted by atomic mass is 9.84. The van der Waals surface area contributed by atoms with Gasteiger partial charge in [-0.2, -0.15) is 0 Å². The van der Waals surface area contributed by atoms with Crippen molar-refractivity contribution in [3.63, 3.8) is 0 Å². The molecule has 96 valence electrons. The lowest BCUT2D eigenvalue weighted by molar-refractivity contribution is -0.116. The number of amides is 1. The highest BCUT2D eigenvalue weighted by molar-refractivity contribution is 5.95. The van der Waals surface area contributed by atoms with Crippen LogP contribution in [0.2, 0.25) is 0 Å². The van der Waals surface area contributed by atoms with Gasteiger partial charge in [0.05, 0.1) is 0 Å². The molecule has 0 saturated heterocycles. The third-order valence-corrected chi connectivity index (χ3v) is 3.81. The summed E-state index contributed by atoms with van der Waals surface area (Å²) in [4.78, 5) is 15.9. The van der Waals surface area contributed by atoms with Crippen molar-refractivity contribution in [3.8, 4) is 0 Å². The molecule has 2 heterocycles. The van der Waals surface area contributed by atoms with E-state index in [1.54, 1.807) is 12.4 Å². The van der Waals surface area contributed by atoms with Crippen molar-refractivity contribution in [1.29, 1.82) is 0 Å². The molecule has 0 bridgehead atoms. The molecular formula is C16H16N2O. The minimum absolute atomic E-state index is 0.0811. The number of carbonyl (C=O) groups excluding carboxylic acids is 1. The van der Waals surface area contributed by atoms with Gasteiger partial charge in [0, 0.05) is 30.4 Å². The molecule has 1 amide bonds. The summed E-state index contributed by atoms with van der Waals surface area (Å²) in [7, 11) is 0. The van der Waals surface area contributed by atoms with Crippen LogP contribution in [-0.4, -0.2) is 10.9 Å². The fourth-order valence-corrected chi connectivity index (χ4v) is 2.62. The maximum absolute atomic E-state index is 11.9. The quantitative estimate of drug-likeness (QED) is 0.847.